The van der Waals surface area contributed by atoms with Crippen LogP contribution in [0.1, 0.15) is 40.2 Å². The summed E-state index contributed by atoms with van der Waals surface area (Å²) in [6, 6.07) is 10.4. The Labute approximate surface area is 164 Å². The van der Waals surface area contributed by atoms with Crippen molar-refractivity contribution in [3.8, 4) is 0 Å². The molecule has 2 aromatic carbocycles. The van der Waals surface area contributed by atoms with Gasteiger partial charge in [-0.1, -0.05) is 44.5 Å². The van der Waals surface area contributed by atoms with Gasteiger partial charge in [-0.15, -0.1) is 0 Å². The number of anilines is 1. The maximum absolute atomic E-state index is 14.1. The lowest BCUT2D eigenvalue weighted by atomic mass is 9.87. The third-order valence-electron chi connectivity index (χ3n) is 4.41. The van der Waals surface area contributed by atoms with Gasteiger partial charge in [-0.2, -0.15) is 0 Å². The van der Waals surface area contributed by atoms with Crippen LogP contribution < -0.4 is 5.32 Å². The molecule has 0 heterocycles. The molecule has 0 aromatic heterocycles. The lowest BCUT2D eigenvalue weighted by molar-refractivity contribution is -0.117. The number of amides is 1. The van der Waals surface area contributed by atoms with Gasteiger partial charge in [-0.05, 0) is 55.2 Å². The Morgan fingerprint density at radius 1 is 1.00 bits per heavy atom. The van der Waals surface area contributed by atoms with Crippen LogP contribution in [0.2, 0.25) is 5.02 Å². The van der Waals surface area contributed by atoms with Crippen LogP contribution in [0.25, 0.3) is 0 Å². The molecule has 0 aliphatic heterocycles. The molecule has 2 aromatic rings. The van der Waals surface area contributed by atoms with E-state index in [1.807, 2.05) is 12.1 Å². The predicted molar refractivity (Wildman–Crippen MR) is 106 cm³/mol. The average Bonchev–Trinajstić information content (AvgIpc) is 2.53. The number of carbonyl (C=O) groups excluding carboxylic acids is 1. The van der Waals surface area contributed by atoms with Gasteiger partial charge < -0.3 is 5.32 Å². The van der Waals surface area contributed by atoms with Crippen molar-refractivity contribution in [1.29, 1.82) is 0 Å². The first-order valence-corrected chi connectivity index (χ1v) is 10.2. The molecule has 2 rings (SSSR count). The van der Waals surface area contributed by atoms with E-state index in [4.69, 9.17) is 11.6 Å². The lowest BCUT2D eigenvalue weighted by Crippen LogP contribution is -2.44. The van der Waals surface area contributed by atoms with E-state index in [2.05, 4.69) is 26.1 Å². The molecule has 0 bridgehead atoms. The van der Waals surface area contributed by atoms with Gasteiger partial charge in [0.05, 0.1) is 0 Å². The fourth-order valence-corrected chi connectivity index (χ4v) is 3.99. The Balaban J connectivity index is 2.31. The zero-order valence-electron chi connectivity index (χ0n) is 15.9. The summed E-state index contributed by atoms with van der Waals surface area (Å²) in [7, 11) is -4.28. The van der Waals surface area contributed by atoms with Crippen LogP contribution in [-0.2, 0) is 20.0 Å². The second-order valence-electron chi connectivity index (χ2n) is 7.87. The first-order chi connectivity index (χ1) is 12.3. The molecule has 0 unspecified atom stereocenters. The molecule has 7 heteroatoms. The highest BCUT2D eigenvalue weighted by Gasteiger charge is 2.44. The summed E-state index contributed by atoms with van der Waals surface area (Å²) in [6.07, 6.45) is 0. The molecule has 0 spiro atoms. The molecule has 0 radical (unpaired) electrons. The van der Waals surface area contributed by atoms with Crippen molar-refractivity contribution in [2.75, 3.05) is 5.32 Å². The van der Waals surface area contributed by atoms with Crippen LogP contribution in [-0.4, -0.2) is 19.1 Å². The summed E-state index contributed by atoms with van der Waals surface area (Å²) in [5.74, 6) is -1.74. The topological polar surface area (TPSA) is 63.2 Å². The molecular formula is C20H23ClFNO3S. The minimum Gasteiger partial charge on any atom is -0.325 e. The van der Waals surface area contributed by atoms with Crippen molar-refractivity contribution in [3.05, 3.63) is 58.9 Å². The standard InChI is InChI=1S/C20H23ClFNO3S/c1-19(2,3)13-6-9-15(10-7-13)23-18(24)20(4,5)27(25,26)17-11-8-14(21)12-16(17)22/h6-12H,1-5H3,(H,23,24). The Bertz CT molecular complexity index is 962. The van der Waals surface area contributed by atoms with Crippen molar-refractivity contribution in [2.45, 2.75) is 49.7 Å². The van der Waals surface area contributed by atoms with Gasteiger partial charge >= 0.3 is 0 Å². The number of sulfone groups is 1. The Morgan fingerprint density at radius 2 is 1.56 bits per heavy atom. The molecular weight excluding hydrogens is 389 g/mol. The zero-order valence-corrected chi connectivity index (χ0v) is 17.5. The van der Waals surface area contributed by atoms with Crippen molar-refractivity contribution in [2.24, 2.45) is 0 Å². The largest absolute Gasteiger partial charge is 0.325 e. The van der Waals surface area contributed by atoms with Crippen molar-refractivity contribution < 1.29 is 17.6 Å². The van der Waals surface area contributed by atoms with Crippen LogP contribution in [0.15, 0.2) is 47.4 Å². The fourth-order valence-electron chi connectivity index (χ4n) is 2.43. The lowest BCUT2D eigenvalue weighted by Gasteiger charge is -2.24. The molecule has 4 nitrogen and oxygen atoms in total. The fraction of sp³-hybridized carbons (Fsp3) is 0.350. The number of carbonyl (C=O) groups is 1. The summed E-state index contributed by atoms with van der Waals surface area (Å²) >= 11 is 5.68. The number of halogens is 2. The highest BCUT2D eigenvalue weighted by atomic mass is 35.5. The minimum atomic E-state index is -4.28. The first kappa shape index (κ1) is 21.4. The van der Waals surface area contributed by atoms with Crippen LogP contribution in [0.5, 0.6) is 0 Å². The number of hydrogen-bond acceptors (Lipinski definition) is 3. The molecule has 1 amide bonds. The van der Waals surface area contributed by atoms with Gasteiger partial charge in [0.2, 0.25) is 5.91 Å². The van der Waals surface area contributed by atoms with Crippen LogP contribution in [0, 0.1) is 5.82 Å². The van der Waals surface area contributed by atoms with Crippen molar-refractivity contribution in [1.82, 2.24) is 0 Å². The average molecular weight is 412 g/mol. The van der Waals surface area contributed by atoms with Crippen molar-refractivity contribution in [3.63, 3.8) is 0 Å². The van der Waals surface area contributed by atoms with E-state index in [0.717, 1.165) is 17.7 Å². The van der Waals surface area contributed by atoms with Crippen LogP contribution >= 0.6 is 11.6 Å². The molecule has 1 N–H and O–H groups in total. The Hall–Kier alpha value is -1.92. The second kappa shape index (κ2) is 7.24. The minimum absolute atomic E-state index is 0.0444. The number of rotatable bonds is 4. The van der Waals surface area contributed by atoms with E-state index in [0.29, 0.717) is 5.69 Å². The zero-order chi connectivity index (χ0) is 20.6. The first-order valence-electron chi connectivity index (χ1n) is 8.38. The van der Waals surface area contributed by atoms with E-state index in [-0.39, 0.29) is 10.4 Å². The van der Waals surface area contributed by atoms with Crippen molar-refractivity contribution >= 4 is 33.0 Å². The number of hydrogen-bond donors (Lipinski definition) is 1. The third-order valence-corrected chi connectivity index (χ3v) is 7.09. The molecule has 0 atom stereocenters. The molecule has 27 heavy (non-hydrogen) atoms. The van der Waals surface area contributed by atoms with Gasteiger partial charge in [0, 0.05) is 10.7 Å². The van der Waals surface area contributed by atoms with Gasteiger partial charge in [-0.3, -0.25) is 4.79 Å². The Morgan fingerprint density at radius 3 is 2.04 bits per heavy atom. The van der Waals surface area contributed by atoms with Crippen LogP contribution in [0.3, 0.4) is 0 Å². The smallest absolute Gasteiger partial charge is 0.245 e. The van der Waals surface area contributed by atoms with Gasteiger partial charge in [-0.25, -0.2) is 12.8 Å². The number of nitrogens with one attached hydrogen (secondary N) is 1. The molecule has 146 valence electrons. The predicted octanol–water partition coefficient (Wildman–Crippen LogP) is 4.97. The number of benzene rings is 2. The van der Waals surface area contributed by atoms with Gasteiger partial charge in [0.15, 0.2) is 9.84 Å². The van der Waals surface area contributed by atoms with Crippen LogP contribution in [0.4, 0.5) is 10.1 Å². The monoisotopic (exact) mass is 411 g/mol. The summed E-state index contributed by atoms with van der Waals surface area (Å²) in [5.41, 5.74) is 1.50. The summed E-state index contributed by atoms with van der Waals surface area (Å²) in [6.45, 7) is 8.69. The van der Waals surface area contributed by atoms with E-state index in [1.165, 1.54) is 19.9 Å². The molecule has 0 aliphatic rings. The second-order valence-corrected chi connectivity index (χ2v) is 10.8. The molecule has 0 saturated heterocycles. The van der Waals surface area contributed by atoms with E-state index in [1.54, 1.807) is 12.1 Å². The summed E-state index contributed by atoms with van der Waals surface area (Å²) in [5, 5.41) is 2.68. The Kier molecular flexibility index (Phi) is 5.74. The highest BCUT2D eigenvalue weighted by molar-refractivity contribution is 7.93. The maximum Gasteiger partial charge on any atom is 0.245 e. The SMILES string of the molecule is CC(C)(C)c1ccc(NC(=O)C(C)(C)S(=O)(=O)c2ccc(Cl)cc2F)cc1. The van der Waals surface area contributed by atoms with Gasteiger partial charge in [0.1, 0.15) is 15.5 Å². The maximum atomic E-state index is 14.1. The molecule has 0 saturated carbocycles. The van der Waals surface area contributed by atoms with Gasteiger partial charge in [0.25, 0.3) is 0 Å². The quantitative estimate of drug-likeness (QED) is 0.772. The normalized spacial score (nSPS) is 12.7. The molecule has 0 fully saturated rings. The third kappa shape index (κ3) is 4.33. The van der Waals surface area contributed by atoms with E-state index >= 15 is 0 Å². The van der Waals surface area contributed by atoms with E-state index in [9.17, 15) is 17.6 Å². The highest BCUT2D eigenvalue weighted by Crippen LogP contribution is 2.30. The van der Waals surface area contributed by atoms with E-state index < -0.39 is 31.2 Å². The summed E-state index contributed by atoms with van der Waals surface area (Å²) in [4.78, 5) is 12.1. The molecule has 0 aliphatic carbocycles. The summed E-state index contributed by atoms with van der Waals surface area (Å²) < 4.78 is 38.0.